The molecule has 468 valence electrons. The van der Waals surface area contributed by atoms with E-state index in [1.807, 2.05) is 47.0 Å². The van der Waals surface area contributed by atoms with Gasteiger partial charge in [0, 0.05) is 84.6 Å². The smallest absolute Gasteiger partial charge is 0.173 e. The Kier molecular flexibility index (Phi) is 22.4. The molecule has 18 aliphatic rings. The number of hydrogen-bond donors (Lipinski definition) is 0. The van der Waals surface area contributed by atoms with Crippen LogP contribution in [0.15, 0.2) is 177 Å². The summed E-state index contributed by atoms with van der Waals surface area (Å²) in [6.45, 7) is 6.28. The van der Waals surface area contributed by atoms with Crippen molar-refractivity contribution in [3.05, 3.63) is 199 Å². The molecule has 18 aliphatic heterocycles. The summed E-state index contributed by atoms with van der Waals surface area (Å²) in [7, 11) is -42.6. The van der Waals surface area contributed by atoms with E-state index in [1.165, 1.54) is 66.8 Å². The molecule has 4 aromatic heterocycles. The molecule has 24 rings (SSSR count). The molecular formula is C46H42F24N6P4S4. The Morgan fingerprint density at radius 1 is 0.286 bits per heavy atom. The summed E-state index contributed by atoms with van der Waals surface area (Å²) in [6.07, 6.45) is 17.4. The molecule has 0 amide bonds. The fourth-order valence-corrected chi connectivity index (χ4v) is 10.0. The molecule has 6 nitrogen and oxygen atoms in total. The topological polar surface area (TPSA) is 63.1 Å². The molecule has 0 atom stereocenters. The van der Waals surface area contributed by atoms with Gasteiger partial charge in [0.1, 0.15) is 0 Å². The van der Waals surface area contributed by atoms with Gasteiger partial charge in [-0.1, -0.05) is 95.6 Å². The summed E-state index contributed by atoms with van der Waals surface area (Å²) in [5, 5.41) is 23.2. The van der Waals surface area contributed by atoms with Crippen LogP contribution in [0, 0.1) is 22.7 Å². The molecule has 38 heteroatoms. The van der Waals surface area contributed by atoms with Gasteiger partial charge in [-0.15, -0.1) is 0 Å². The van der Waals surface area contributed by atoms with Gasteiger partial charge in [-0.05, 0) is 43.9 Å². The SMILES string of the molecule is C1=CSC(=C2SC=CS2)S1.CC#N.CC#N.F[P-](F)(F)(F)(F)F.F[P-](F)(F)(F)(F)F.F[P-](F)(F)(F)(F)F.F[P-](F)(F)(F)(F)F.c1cc2ccc1C[n+]1ccc(cc1)-c1cc[n+](cc1)Cc1ccc(cc1)C[n+]1ccc(cc1)-c1cc[n+](cc1)C2. The van der Waals surface area contributed by atoms with E-state index in [4.69, 9.17) is 10.5 Å². The Labute approximate surface area is 479 Å². The van der Waals surface area contributed by atoms with E-state index >= 15 is 0 Å². The monoisotopic (exact) mass is 1390 g/mol. The minimum atomic E-state index is -10.7. The maximum absolute atomic E-state index is 10.7. The van der Waals surface area contributed by atoms with Crippen LogP contribution in [-0.4, -0.2) is 0 Å². The van der Waals surface area contributed by atoms with Gasteiger partial charge >= 0.3 is 132 Å². The number of thioether (sulfide) groups is 4. The maximum Gasteiger partial charge on any atom is 0.173 e. The number of nitrogens with zero attached hydrogens (tertiary/aromatic N) is 6. The largest absolute Gasteiger partial charge is 0.201 e. The quantitative estimate of drug-likeness (QED) is 0.0857. The van der Waals surface area contributed by atoms with Crippen molar-refractivity contribution in [1.82, 2.24) is 0 Å². The van der Waals surface area contributed by atoms with Crippen molar-refractivity contribution in [2.75, 3.05) is 0 Å². The van der Waals surface area contributed by atoms with Crippen LogP contribution < -0.4 is 18.3 Å². The van der Waals surface area contributed by atoms with Crippen LogP contribution in [0.3, 0.4) is 0 Å². The average molecular weight is 1390 g/mol. The van der Waals surface area contributed by atoms with E-state index in [0.717, 1.165) is 26.2 Å². The number of hydrogen-bond acceptors (Lipinski definition) is 6. The van der Waals surface area contributed by atoms with Gasteiger partial charge in [0.05, 0.1) is 20.6 Å². The van der Waals surface area contributed by atoms with Crippen molar-refractivity contribution in [2.45, 2.75) is 40.0 Å². The molecule has 84 heavy (non-hydrogen) atoms. The predicted octanol–water partition coefficient (Wildman–Crippen LogP) is 23.3. The van der Waals surface area contributed by atoms with Crippen LogP contribution in [0.2, 0.25) is 0 Å². The molecule has 0 aliphatic carbocycles. The summed E-state index contributed by atoms with van der Waals surface area (Å²) in [6, 6.07) is 39.0. The summed E-state index contributed by atoms with van der Waals surface area (Å²) >= 11 is 7.28. The average Bonchev–Trinajstić information content (AvgIpc) is 4.20. The van der Waals surface area contributed by atoms with Gasteiger partial charge in [0.2, 0.25) is 0 Å². The van der Waals surface area contributed by atoms with Gasteiger partial charge in [0.15, 0.2) is 75.8 Å². The normalized spacial score (nSPS) is 16.7. The molecule has 0 fully saturated rings. The molecular weight excluding hydrogens is 1340 g/mol. The molecule has 0 radical (unpaired) electrons. The predicted molar refractivity (Wildman–Crippen MR) is 286 cm³/mol. The van der Waals surface area contributed by atoms with Gasteiger partial charge in [-0.25, -0.2) is 18.3 Å². The van der Waals surface area contributed by atoms with Crippen molar-refractivity contribution in [2.24, 2.45) is 0 Å². The molecule has 6 aromatic rings. The van der Waals surface area contributed by atoms with Gasteiger partial charge in [0.25, 0.3) is 0 Å². The Balaban J connectivity index is 0.000000441. The summed E-state index contributed by atoms with van der Waals surface area (Å²) in [5.41, 5.74) is 10.1. The third-order valence-corrected chi connectivity index (χ3v) is 13.5. The zero-order valence-electron chi connectivity index (χ0n) is 42.2. The third kappa shape index (κ3) is 47.0. The zero-order valence-corrected chi connectivity index (χ0v) is 49.0. The number of pyridine rings is 4. The second-order valence-corrected chi connectivity index (χ2v) is 28.4. The Hall–Kier alpha value is -5.32. The number of nitriles is 2. The number of rotatable bonds is 0. The summed E-state index contributed by atoms with van der Waals surface area (Å²) in [4.78, 5) is 0. The van der Waals surface area contributed by atoms with Crippen LogP contribution >= 0.6 is 78.3 Å². The first-order chi connectivity index (χ1) is 37.3. The van der Waals surface area contributed by atoms with E-state index in [2.05, 4.69) is 187 Å². The molecule has 0 saturated heterocycles. The maximum atomic E-state index is 9.87. The van der Waals surface area contributed by atoms with Crippen LogP contribution in [0.25, 0.3) is 22.3 Å². The van der Waals surface area contributed by atoms with E-state index in [0.29, 0.717) is 0 Å². The van der Waals surface area contributed by atoms with Gasteiger partial charge in [-0.3, -0.25) is 0 Å². The van der Waals surface area contributed by atoms with Crippen molar-refractivity contribution >= 4 is 78.3 Å². The van der Waals surface area contributed by atoms with E-state index < -0.39 is 31.2 Å². The Bertz CT molecular complexity index is 2860. The first-order valence-corrected chi connectivity index (χ1v) is 33.7. The molecule has 0 N–H and O–H groups in total. The third-order valence-electron chi connectivity index (χ3n) is 8.72. The number of aromatic nitrogens is 4. The Morgan fingerprint density at radius 3 is 0.524 bits per heavy atom. The zero-order chi connectivity index (χ0) is 64.6. The molecule has 0 unspecified atom stereocenters. The number of halogens is 24. The second kappa shape index (κ2) is 25.2. The van der Waals surface area contributed by atoms with Crippen molar-refractivity contribution in [1.29, 1.82) is 10.5 Å². The van der Waals surface area contributed by atoms with Crippen LogP contribution in [0.1, 0.15) is 36.1 Å². The van der Waals surface area contributed by atoms with Gasteiger partial charge in [-0.2, -0.15) is 10.5 Å². The second-order valence-electron chi connectivity index (χ2n) is 16.5. The summed E-state index contributed by atoms with van der Waals surface area (Å²) < 4.78 is 249. The molecule has 12 bridgehead atoms. The van der Waals surface area contributed by atoms with Gasteiger partial charge < -0.3 is 0 Å². The van der Waals surface area contributed by atoms with Crippen LogP contribution in [0.4, 0.5) is 101 Å². The first kappa shape index (κ1) is 74.8. The van der Waals surface area contributed by atoms with Crippen LogP contribution in [0.5, 0.6) is 0 Å². The molecule has 0 saturated carbocycles. The minimum absolute atomic E-state index is 0.854. The molecule has 22 heterocycles. The Morgan fingerprint density at radius 2 is 0.405 bits per heavy atom. The summed E-state index contributed by atoms with van der Waals surface area (Å²) in [5.74, 6) is 0. The fraction of sp³-hybridized carbons (Fsp3) is 0.130. The van der Waals surface area contributed by atoms with E-state index in [1.54, 1.807) is 12.1 Å². The first-order valence-electron chi connectivity index (χ1n) is 22.0. The van der Waals surface area contributed by atoms with Crippen molar-refractivity contribution < 1.29 is 119 Å². The van der Waals surface area contributed by atoms with Crippen molar-refractivity contribution in [3.63, 3.8) is 0 Å². The molecule has 2 aromatic carbocycles. The standard InChI is InChI=1S/C36H32N4.C6H4S4.2C2H3N.4F6P/c1-2-30-4-3-29(1)25-37-17-9-33(10-18-37)35-13-21-39(22-14-35)27-31-5-7-32(8-6-31)28-40-23-15-36(16-24-40)34-11-19-38(26-30)20-12-34;1-2-8-5(7-1)6-9-3-4-10-6;2*1-2-3;4*1-7(2,3,4,5)6/h1-24H,25-28H2;1-4H;2*1H3;;;;/q+4;;;;4*-1. The molecule has 0 spiro atoms. The number of benzene rings is 2. The van der Waals surface area contributed by atoms with E-state index in [9.17, 15) is 101 Å². The minimum Gasteiger partial charge on any atom is -0.201 e. The van der Waals surface area contributed by atoms with Crippen LogP contribution in [-0.2, 0) is 26.2 Å². The van der Waals surface area contributed by atoms with E-state index in [-0.39, 0.29) is 0 Å². The van der Waals surface area contributed by atoms with Crippen molar-refractivity contribution in [3.8, 4) is 34.4 Å². The fourth-order valence-electron chi connectivity index (χ4n) is 5.97.